The van der Waals surface area contributed by atoms with Crippen LogP contribution in [0.25, 0.3) is 0 Å². The van der Waals surface area contributed by atoms with Crippen molar-refractivity contribution in [3.63, 3.8) is 0 Å². The van der Waals surface area contributed by atoms with E-state index in [0.717, 1.165) is 11.6 Å². The molecule has 0 aliphatic heterocycles. The van der Waals surface area contributed by atoms with Gasteiger partial charge in [-0.15, -0.1) is 0 Å². The van der Waals surface area contributed by atoms with Gasteiger partial charge in [0.1, 0.15) is 6.04 Å². The standard InChI is InChI=1S/C24H20ClN3O6/c25-19-14-18(28(32)33)11-12-20(19)26-22(29)15-34-24(31)21(13-16-7-3-1-4-8-16)27-23(30)17-9-5-2-6-10-17/h1-12,14,21H,13,15H2,(H,26,29)(H,27,30). The number of hydrogen-bond acceptors (Lipinski definition) is 6. The predicted octanol–water partition coefficient (Wildman–Crippen LogP) is 3.77. The maximum Gasteiger partial charge on any atom is 0.329 e. The first-order valence-electron chi connectivity index (χ1n) is 10.1. The Labute approximate surface area is 199 Å². The average molecular weight is 482 g/mol. The predicted molar refractivity (Wildman–Crippen MR) is 126 cm³/mol. The van der Waals surface area contributed by atoms with Crippen LogP contribution in [-0.4, -0.2) is 35.4 Å². The molecule has 0 bridgehead atoms. The topological polar surface area (TPSA) is 128 Å². The number of nitro benzene ring substituents is 1. The lowest BCUT2D eigenvalue weighted by Crippen LogP contribution is -2.44. The molecule has 34 heavy (non-hydrogen) atoms. The molecule has 0 aliphatic carbocycles. The largest absolute Gasteiger partial charge is 0.454 e. The van der Waals surface area contributed by atoms with E-state index in [4.69, 9.17) is 16.3 Å². The van der Waals surface area contributed by atoms with Gasteiger partial charge in [0.2, 0.25) is 0 Å². The lowest BCUT2D eigenvalue weighted by Gasteiger charge is -2.18. The minimum atomic E-state index is -1.04. The van der Waals surface area contributed by atoms with Gasteiger partial charge in [0, 0.05) is 24.1 Å². The van der Waals surface area contributed by atoms with Gasteiger partial charge in [0.25, 0.3) is 17.5 Å². The van der Waals surface area contributed by atoms with Gasteiger partial charge in [0.05, 0.1) is 15.6 Å². The second-order valence-electron chi connectivity index (χ2n) is 7.16. The van der Waals surface area contributed by atoms with Gasteiger partial charge in [-0.1, -0.05) is 60.1 Å². The van der Waals surface area contributed by atoms with Crippen molar-refractivity contribution in [2.24, 2.45) is 0 Å². The van der Waals surface area contributed by atoms with Crippen LogP contribution in [0.2, 0.25) is 5.02 Å². The maximum atomic E-state index is 12.7. The Bertz CT molecular complexity index is 1190. The summed E-state index contributed by atoms with van der Waals surface area (Å²) in [5, 5.41) is 15.8. The number of carbonyl (C=O) groups excluding carboxylic acids is 3. The molecule has 1 unspecified atom stereocenters. The first kappa shape index (κ1) is 24.4. The molecule has 2 amide bonds. The monoisotopic (exact) mass is 481 g/mol. The summed E-state index contributed by atoms with van der Waals surface area (Å²) in [6.07, 6.45) is 0.161. The smallest absolute Gasteiger partial charge is 0.329 e. The zero-order valence-corrected chi connectivity index (χ0v) is 18.5. The molecule has 3 aromatic rings. The molecule has 3 rings (SSSR count). The van der Waals surface area contributed by atoms with E-state index in [1.807, 2.05) is 6.07 Å². The van der Waals surface area contributed by atoms with Crippen LogP contribution in [0.4, 0.5) is 11.4 Å². The van der Waals surface area contributed by atoms with Crippen LogP contribution in [0.15, 0.2) is 78.9 Å². The van der Waals surface area contributed by atoms with E-state index in [1.54, 1.807) is 54.6 Å². The van der Waals surface area contributed by atoms with Crippen molar-refractivity contribution in [3.8, 4) is 0 Å². The molecule has 10 heteroatoms. The van der Waals surface area contributed by atoms with Crippen LogP contribution >= 0.6 is 11.6 Å². The Kier molecular flexibility index (Phi) is 8.31. The van der Waals surface area contributed by atoms with E-state index in [2.05, 4.69) is 10.6 Å². The second kappa shape index (κ2) is 11.6. The van der Waals surface area contributed by atoms with Gasteiger partial charge in [-0.2, -0.15) is 0 Å². The van der Waals surface area contributed by atoms with Crippen molar-refractivity contribution in [2.75, 3.05) is 11.9 Å². The zero-order valence-electron chi connectivity index (χ0n) is 17.8. The van der Waals surface area contributed by atoms with Gasteiger partial charge in [-0.25, -0.2) is 4.79 Å². The van der Waals surface area contributed by atoms with Crippen molar-refractivity contribution in [1.82, 2.24) is 5.32 Å². The molecule has 0 heterocycles. The molecular weight excluding hydrogens is 462 g/mol. The number of esters is 1. The van der Waals surface area contributed by atoms with Gasteiger partial charge in [0.15, 0.2) is 6.61 Å². The van der Waals surface area contributed by atoms with Gasteiger partial charge in [-0.3, -0.25) is 19.7 Å². The minimum absolute atomic E-state index is 0.0362. The SMILES string of the molecule is O=C(COC(=O)C(Cc1ccccc1)NC(=O)c1ccccc1)Nc1ccc([N+](=O)[O-])cc1Cl. The van der Waals surface area contributed by atoms with Crippen molar-refractivity contribution >= 4 is 40.8 Å². The number of nitrogens with one attached hydrogen (secondary N) is 2. The summed E-state index contributed by atoms with van der Waals surface area (Å²) < 4.78 is 5.13. The third kappa shape index (κ3) is 6.88. The summed E-state index contributed by atoms with van der Waals surface area (Å²) in [4.78, 5) is 47.7. The molecule has 0 radical (unpaired) electrons. The summed E-state index contributed by atoms with van der Waals surface area (Å²) in [5.74, 6) is -1.95. The van der Waals surface area contributed by atoms with Crippen molar-refractivity contribution in [3.05, 3.63) is 105 Å². The van der Waals surface area contributed by atoms with E-state index < -0.39 is 35.4 Å². The van der Waals surface area contributed by atoms with E-state index in [1.165, 1.54) is 12.1 Å². The Morgan fingerprint density at radius 1 is 0.971 bits per heavy atom. The Balaban J connectivity index is 1.64. The molecule has 0 fully saturated rings. The summed E-state index contributed by atoms with van der Waals surface area (Å²) in [7, 11) is 0. The van der Waals surface area contributed by atoms with Gasteiger partial charge >= 0.3 is 5.97 Å². The van der Waals surface area contributed by atoms with Crippen LogP contribution in [0.5, 0.6) is 0 Å². The van der Waals surface area contributed by atoms with Crippen LogP contribution in [0.1, 0.15) is 15.9 Å². The highest BCUT2D eigenvalue weighted by Gasteiger charge is 2.24. The number of halogens is 1. The highest BCUT2D eigenvalue weighted by Crippen LogP contribution is 2.26. The van der Waals surface area contributed by atoms with Gasteiger partial charge < -0.3 is 15.4 Å². The second-order valence-corrected chi connectivity index (χ2v) is 7.57. The molecule has 2 N–H and O–H groups in total. The molecule has 0 spiro atoms. The van der Waals surface area contributed by atoms with Crippen LogP contribution in [-0.2, 0) is 20.7 Å². The number of rotatable bonds is 9. The molecule has 9 nitrogen and oxygen atoms in total. The summed E-state index contributed by atoms with van der Waals surface area (Å²) >= 11 is 5.96. The molecule has 174 valence electrons. The Morgan fingerprint density at radius 2 is 1.62 bits per heavy atom. The summed E-state index contributed by atoms with van der Waals surface area (Å²) in [5.41, 5.74) is 1.07. The number of ether oxygens (including phenoxy) is 1. The fraction of sp³-hybridized carbons (Fsp3) is 0.125. The maximum absolute atomic E-state index is 12.7. The molecule has 0 saturated carbocycles. The highest BCUT2D eigenvalue weighted by molar-refractivity contribution is 6.34. The Morgan fingerprint density at radius 3 is 2.24 bits per heavy atom. The number of non-ortho nitro benzene ring substituents is 1. The van der Waals surface area contributed by atoms with Crippen LogP contribution < -0.4 is 10.6 Å². The Hall–Kier alpha value is -4.24. The van der Waals surface area contributed by atoms with Gasteiger partial charge in [-0.05, 0) is 23.8 Å². The van der Waals surface area contributed by atoms with E-state index in [-0.39, 0.29) is 22.8 Å². The lowest BCUT2D eigenvalue weighted by molar-refractivity contribution is -0.384. The van der Waals surface area contributed by atoms with Crippen molar-refractivity contribution in [2.45, 2.75) is 12.5 Å². The molecular formula is C24H20ClN3O6. The molecule has 0 aliphatic rings. The molecule has 0 saturated heterocycles. The third-order valence-electron chi connectivity index (χ3n) is 4.69. The first-order valence-corrected chi connectivity index (χ1v) is 10.5. The van der Waals surface area contributed by atoms with Crippen LogP contribution in [0.3, 0.4) is 0 Å². The zero-order chi connectivity index (χ0) is 24.5. The summed E-state index contributed by atoms with van der Waals surface area (Å²) in [6.45, 7) is -0.640. The quantitative estimate of drug-likeness (QED) is 0.272. The number of anilines is 1. The number of benzene rings is 3. The number of nitrogens with zero attached hydrogens (tertiary/aromatic N) is 1. The normalized spacial score (nSPS) is 11.2. The lowest BCUT2D eigenvalue weighted by atomic mass is 10.1. The first-order chi connectivity index (χ1) is 16.3. The molecule has 3 aromatic carbocycles. The number of carbonyl (C=O) groups is 3. The number of hydrogen-bond donors (Lipinski definition) is 2. The summed E-state index contributed by atoms with van der Waals surface area (Å²) in [6, 6.07) is 20.0. The highest BCUT2D eigenvalue weighted by atomic mass is 35.5. The fourth-order valence-electron chi connectivity index (χ4n) is 3.02. The van der Waals surface area contributed by atoms with Crippen molar-refractivity contribution < 1.29 is 24.0 Å². The van der Waals surface area contributed by atoms with E-state index >= 15 is 0 Å². The van der Waals surface area contributed by atoms with Crippen LogP contribution in [0, 0.1) is 10.1 Å². The van der Waals surface area contributed by atoms with Crippen molar-refractivity contribution in [1.29, 1.82) is 0 Å². The van der Waals surface area contributed by atoms with E-state index in [9.17, 15) is 24.5 Å². The van der Waals surface area contributed by atoms with E-state index in [0.29, 0.717) is 5.56 Å². The minimum Gasteiger partial charge on any atom is -0.454 e. The fourth-order valence-corrected chi connectivity index (χ4v) is 3.24. The molecule has 1 atom stereocenters. The number of nitro groups is 1. The molecule has 0 aromatic heterocycles. The third-order valence-corrected chi connectivity index (χ3v) is 5.00. The average Bonchev–Trinajstić information content (AvgIpc) is 2.84. The number of amides is 2.